The number of benzene rings is 1. The van der Waals surface area contributed by atoms with Gasteiger partial charge in [0.1, 0.15) is 33.9 Å². The largest absolute Gasteiger partial charge is 0.466 e. The Balaban J connectivity index is 1.54. The molecule has 40 heavy (non-hydrogen) atoms. The first-order valence-electron chi connectivity index (χ1n) is 12.9. The van der Waals surface area contributed by atoms with Crippen molar-refractivity contribution in [1.29, 1.82) is 5.26 Å². The highest BCUT2D eigenvalue weighted by atomic mass is 32.1. The number of nitriles is 1. The van der Waals surface area contributed by atoms with Crippen LogP contribution in [0, 0.1) is 24.1 Å². The van der Waals surface area contributed by atoms with Gasteiger partial charge in [0.05, 0.1) is 24.4 Å². The molecule has 1 aromatic carbocycles. The van der Waals surface area contributed by atoms with Gasteiger partial charge in [0.15, 0.2) is 5.13 Å². The van der Waals surface area contributed by atoms with Gasteiger partial charge >= 0.3 is 5.97 Å². The number of aryl methyl sites for hydroxylation is 2. The molecule has 10 heteroatoms. The fraction of sp³-hybridized carbons (Fsp3) is 0.233. The third-order valence-corrected chi connectivity index (χ3v) is 7.56. The van der Waals surface area contributed by atoms with Crippen molar-refractivity contribution in [3.05, 3.63) is 82.5 Å². The first kappa shape index (κ1) is 27.0. The molecule has 0 aliphatic heterocycles. The van der Waals surface area contributed by atoms with E-state index < -0.39 is 0 Å². The molecular weight excluding hydrogens is 527 g/mol. The van der Waals surface area contributed by atoms with Gasteiger partial charge in [-0.3, -0.25) is 14.2 Å². The summed E-state index contributed by atoms with van der Waals surface area (Å²) < 4.78 is 20.6. The number of hydrogen-bond donors (Lipinski definition) is 0. The lowest BCUT2D eigenvalue weighted by Crippen LogP contribution is -2.13. The summed E-state index contributed by atoms with van der Waals surface area (Å²) in [5, 5.41) is 10.4. The molecule has 202 valence electrons. The molecule has 0 saturated heterocycles. The number of halogens is 1. The van der Waals surface area contributed by atoms with Gasteiger partial charge in [0.25, 0.3) is 0 Å². The van der Waals surface area contributed by atoms with Crippen LogP contribution in [0.25, 0.3) is 28.0 Å². The van der Waals surface area contributed by atoms with E-state index in [0.29, 0.717) is 40.0 Å². The molecule has 0 N–H and O–H groups in total. The van der Waals surface area contributed by atoms with Crippen molar-refractivity contribution in [1.82, 2.24) is 19.4 Å². The van der Waals surface area contributed by atoms with Gasteiger partial charge in [0, 0.05) is 35.6 Å². The first-order chi connectivity index (χ1) is 19.3. The number of nitrogens with zero attached hydrogens (tertiary/aromatic N) is 6. The summed E-state index contributed by atoms with van der Waals surface area (Å²) in [6, 6.07) is 16.0. The van der Waals surface area contributed by atoms with E-state index in [-0.39, 0.29) is 18.2 Å². The van der Waals surface area contributed by atoms with Crippen molar-refractivity contribution < 1.29 is 13.9 Å². The van der Waals surface area contributed by atoms with Crippen LogP contribution in [0.2, 0.25) is 0 Å². The number of hydrogen-bond acceptors (Lipinski definition) is 8. The Hall–Kier alpha value is -4.62. The fourth-order valence-electron chi connectivity index (χ4n) is 4.63. The molecule has 5 aromatic rings. The molecule has 8 nitrogen and oxygen atoms in total. The van der Waals surface area contributed by atoms with E-state index in [1.165, 1.54) is 23.5 Å². The number of imidazole rings is 1. The van der Waals surface area contributed by atoms with Gasteiger partial charge < -0.3 is 9.64 Å². The average molecular weight is 555 g/mol. The minimum Gasteiger partial charge on any atom is -0.466 e. The highest BCUT2D eigenvalue weighted by molar-refractivity contribution is 7.16. The van der Waals surface area contributed by atoms with Crippen molar-refractivity contribution in [3.63, 3.8) is 0 Å². The Morgan fingerprint density at radius 2 is 1.82 bits per heavy atom. The van der Waals surface area contributed by atoms with E-state index in [1.807, 2.05) is 60.7 Å². The van der Waals surface area contributed by atoms with Crippen molar-refractivity contribution in [2.75, 3.05) is 18.6 Å². The lowest BCUT2D eigenvalue weighted by Gasteiger charge is -2.17. The van der Waals surface area contributed by atoms with E-state index in [9.17, 15) is 14.4 Å². The molecule has 0 bridgehead atoms. The summed E-state index contributed by atoms with van der Waals surface area (Å²) in [6.07, 6.45) is 2.84. The van der Waals surface area contributed by atoms with Crippen molar-refractivity contribution in [2.45, 2.75) is 33.6 Å². The summed E-state index contributed by atoms with van der Waals surface area (Å²) in [7, 11) is 1.90. The minimum atomic E-state index is -0.344. The van der Waals surface area contributed by atoms with Crippen LogP contribution in [-0.4, -0.2) is 39.0 Å². The van der Waals surface area contributed by atoms with Crippen LogP contribution < -0.4 is 4.90 Å². The summed E-state index contributed by atoms with van der Waals surface area (Å²) in [5.41, 5.74) is 6.21. The maximum Gasteiger partial charge on any atom is 0.311 e. The summed E-state index contributed by atoms with van der Waals surface area (Å²) in [5.74, 6) is 0.196. The van der Waals surface area contributed by atoms with E-state index in [0.717, 1.165) is 34.0 Å². The summed E-state index contributed by atoms with van der Waals surface area (Å²) in [6.45, 7) is 6.08. The minimum absolute atomic E-state index is 0.128. The van der Waals surface area contributed by atoms with Crippen LogP contribution in [0.3, 0.4) is 0 Å². The van der Waals surface area contributed by atoms with E-state index >= 15 is 0 Å². The molecule has 0 aliphatic rings. The zero-order valence-electron chi connectivity index (χ0n) is 22.6. The second-order valence-corrected chi connectivity index (χ2v) is 10.1. The highest BCUT2D eigenvalue weighted by Crippen LogP contribution is 2.37. The third kappa shape index (κ3) is 5.16. The quantitative estimate of drug-likeness (QED) is 0.208. The standard InChI is InChI=1S/C30H27FN6O2S/c1-5-24-29(36(4)30-35-28(25(16-32)40-30)19-7-10-21(31)11-8-19)37-17-20(9-14-26(37)34-24)23-13-12-22(33-18(23)3)15-27(38)39-6-2/h7-14,17H,5-6,15H2,1-4H3. The number of ether oxygens (including phenoxy) is 1. The average Bonchev–Trinajstić information content (AvgIpc) is 3.54. The molecule has 0 aliphatic carbocycles. The van der Waals surface area contributed by atoms with E-state index in [4.69, 9.17) is 14.7 Å². The van der Waals surface area contributed by atoms with Gasteiger partial charge in [-0.05, 0) is 62.7 Å². The monoisotopic (exact) mass is 554 g/mol. The number of pyridine rings is 2. The van der Waals surface area contributed by atoms with Gasteiger partial charge in [-0.15, -0.1) is 0 Å². The van der Waals surface area contributed by atoms with Crippen molar-refractivity contribution in [2.24, 2.45) is 0 Å². The lowest BCUT2D eigenvalue weighted by atomic mass is 10.1. The number of carbonyl (C=O) groups excluding carboxylic acids is 1. The Morgan fingerprint density at radius 1 is 1.07 bits per heavy atom. The number of aromatic nitrogens is 4. The maximum absolute atomic E-state index is 13.5. The Labute approximate surface area is 235 Å². The summed E-state index contributed by atoms with van der Waals surface area (Å²) in [4.78, 5) is 28.5. The predicted octanol–water partition coefficient (Wildman–Crippen LogP) is 6.27. The Morgan fingerprint density at radius 3 is 2.50 bits per heavy atom. The highest BCUT2D eigenvalue weighted by Gasteiger charge is 2.22. The molecule has 4 aromatic heterocycles. The predicted molar refractivity (Wildman–Crippen MR) is 153 cm³/mol. The Bertz CT molecular complexity index is 1750. The molecule has 0 fully saturated rings. The smallest absolute Gasteiger partial charge is 0.311 e. The molecule has 0 atom stereocenters. The van der Waals surface area contributed by atoms with Crippen LogP contribution >= 0.6 is 11.3 Å². The topological polar surface area (TPSA) is 96.4 Å². The normalized spacial score (nSPS) is 11.0. The maximum atomic E-state index is 13.5. The number of carbonyl (C=O) groups is 1. The second kappa shape index (κ2) is 11.2. The van der Waals surface area contributed by atoms with Crippen LogP contribution in [0.15, 0.2) is 54.7 Å². The molecular formula is C30H27FN6O2S. The van der Waals surface area contributed by atoms with Crippen LogP contribution in [0.5, 0.6) is 0 Å². The molecule has 4 heterocycles. The van der Waals surface area contributed by atoms with Gasteiger partial charge in [0.2, 0.25) is 0 Å². The van der Waals surface area contributed by atoms with Crippen LogP contribution in [0.4, 0.5) is 15.3 Å². The number of esters is 1. The second-order valence-electron chi connectivity index (χ2n) is 9.15. The van der Waals surface area contributed by atoms with Gasteiger partial charge in [-0.2, -0.15) is 5.26 Å². The van der Waals surface area contributed by atoms with Crippen LogP contribution in [-0.2, 0) is 22.4 Å². The van der Waals surface area contributed by atoms with E-state index in [2.05, 4.69) is 11.1 Å². The number of thiazole rings is 1. The Kier molecular flexibility index (Phi) is 7.58. The van der Waals surface area contributed by atoms with Crippen molar-refractivity contribution >= 4 is 33.9 Å². The first-order valence-corrected chi connectivity index (χ1v) is 13.7. The molecule has 0 spiro atoms. The van der Waals surface area contributed by atoms with Gasteiger partial charge in [-0.1, -0.05) is 24.3 Å². The van der Waals surface area contributed by atoms with E-state index in [1.54, 1.807) is 19.1 Å². The summed E-state index contributed by atoms with van der Waals surface area (Å²) >= 11 is 1.28. The zero-order valence-corrected chi connectivity index (χ0v) is 23.4. The SMILES string of the molecule is CCOC(=O)Cc1ccc(-c2ccc3nc(CC)c(N(C)c4nc(-c5ccc(F)cc5)c(C#N)s4)n3c2)c(C)n1. The third-order valence-electron chi connectivity index (χ3n) is 6.52. The molecule has 5 rings (SSSR count). The molecule has 0 unspecified atom stereocenters. The fourth-order valence-corrected chi connectivity index (χ4v) is 5.48. The zero-order chi connectivity index (χ0) is 28.4. The number of anilines is 2. The molecule has 0 saturated carbocycles. The van der Waals surface area contributed by atoms with Gasteiger partial charge in [-0.25, -0.2) is 14.4 Å². The number of rotatable bonds is 8. The lowest BCUT2D eigenvalue weighted by molar-refractivity contribution is -0.142. The number of fused-ring (bicyclic) bond motifs is 1. The van der Waals surface area contributed by atoms with Crippen LogP contribution in [0.1, 0.15) is 35.8 Å². The molecule has 0 amide bonds. The molecule has 0 radical (unpaired) electrons. The van der Waals surface area contributed by atoms with Crippen molar-refractivity contribution in [3.8, 4) is 28.5 Å².